The Bertz CT molecular complexity index is 1570. The van der Waals surface area contributed by atoms with Gasteiger partial charge in [-0.25, -0.2) is 17.2 Å². The summed E-state index contributed by atoms with van der Waals surface area (Å²) in [4.78, 5) is 13.8. The van der Waals surface area contributed by atoms with Crippen LogP contribution < -0.4 is 16.4 Å². The molecule has 3 aromatic carbocycles. The van der Waals surface area contributed by atoms with Gasteiger partial charge in [-0.15, -0.1) is 0 Å². The average Bonchev–Trinajstić information content (AvgIpc) is 3.05. The van der Waals surface area contributed by atoms with E-state index in [4.69, 9.17) is 22.1 Å². The predicted molar refractivity (Wildman–Crippen MR) is 171 cm³/mol. The molecule has 2 heterocycles. The van der Waals surface area contributed by atoms with Gasteiger partial charge < -0.3 is 21.1 Å². The molecule has 2 saturated heterocycles. The zero-order valence-corrected chi connectivity index (χ0v) is 26.5. The van der Waals surface area contributed by atoms with Gasteiger partial charge in [-0.2, -0.15) is 4.31 Å². The number of carbonyl (C=O) groups is 1. The fraction of sp³-hybridized carbons (Fsp3) is 0.424. The van der Waals surface area contributed by atoms with Gasteiger partial charge in [0, 0.05) is 56.1 Å². The first kappa shape index (κ1) is 33.4. The van der Waals surface area contributed by atoms with Crippen LogP contribution in [0.25, 0.3) is 0 Å². The Labute approximate surface area is 268 Å². The highest BCUT2D eigenvalue weighted by atomic mass is 35.5. The number of hydrogen-bond donors (Lipinski definition) is 3. The summed E-state index contributed by atoms with van der Waals surface area (Å²) >= 11 is 5.93. The minimum Gasteiger partial charge on any atom is -0.381 e. The van der Waals surface area contributed by atoms with Crippen LogP contribution in [0.15, 0.2) is 71.6 Å². The standard InChI is InChI=1S/C33H39ClF2N4O4S/c34-27-13-12-23(20-29(27)36)31(22-14-18-44-19-15-22)32(37)33(41)39-30-11-5-10-28(35)26(30)9-4-6-24-21-38-16-17-40(24)45(42,43)25-7-2-1-3-8-25/h1-3,5,7-8,10-13,20,22,24,31-32,38H,4,6,9,14-19,21,37H2,(H,39,41). The Morgan fingerprint density at radius 3 is 2.56 bits per heavy atom. The number of piperazine rings is 1. The normalized spacial score (nSPS) is 19.6. The second-order valence-corrected chi connectivity index (χ2v) is 13.9. The molecule has 0 spiro atoms. The molecule has 3 atom stereocenters. The maximum Gasteiger partial charge on any atom is 0.243 e. The summed E-state index contributed by atoms with van der Waals surface area (Å²) in [5.74, 6) is -2.10. The number of ether oxygens (including phenoxy) is 1. The highest BCUT2D eigenvalue weighted by molar-refractivity contribution is 7.89. The van der Waals surface area contributed by atoms with Crippen LogP contribution in [0.4, 0.5) is 14.5 Å². The van der Waals surface area contributed by atoms with Crippen molar-refractivity contribution in [3.63, 3.8) is 0 Å². The lowest BCUT2D eigenvalue weighted by molar-refractivity contribution is -0.118. The van der Waals surface area contributed by atoms with Gasteiger partial charge in [-0.1, -0.05) is 41.9 Å². The van der Waals surface area contributed by atoms with Crippen LogP contribution in [0.1, 0.15) is 42.7 Å². The molecule has 0 radical (unpaired) electrons. The zero-order valence-electron chi connectivity index (χ0n) is 24.9. The number of sulfonamides is 1. The summed E-state index contributed by atoms with van der Waals surface area (Å²) < 4.78 is 63.4. The number of rotatable bonds is 11. The fourth-order valence-electron chi connectivity index (χ4n) is 6.42. The number of nitrogens with zero attached hydrogens (tertiary/aromatic N) is 1. The number of hydrogen-bond acceptors (Lipinski definition) is 6. The molecule has 3 aromatic rings. The van der Waals surface area contributed by atoms with Crippen LogP contribution in [0, 0.1) is 17.6 Å². The highest BCUT2D eigenvalue weighted by Gasteiger charge is 2.36. The summed E-state index contributed by atoms with van der Waals surface area (Å²) in [6.45, 7) is 2.40. The fourth-order valence-corrected chi connectivity index (χ4v) is 8.22. The highest BCUT2D eigenvalue weighted by Crippen LogP contribution is 2.36. The van der Waals surface area contributed by atoms with Crippen LogP contribution in [0.3, 0.4) is 0 Å². The van der Waals surface area contributed by atoms with Gasteiger partial charge in [0.05, 0.1) is 16.0 Å². The number of amides is 1. The Balaban J connectivity index is 1.29. The predicted octanol–water partition coefficient (Wildman–Crippen LogP) is 5.08. The van der Waals surface area contributed by atoms with E-state index in [2.05, 4.69) is 10.6 Å². The van der Waals surface area contributed by atoms with Crippen molar-refractivity contribution in [2.45, 2.75) is 55.0 Å². The van der Waals surface area contributed by atoms with Gasteiger partial charge in [0.2, 0.25) is 15.9 Å². The molecule has 2 fully saturated rings. The quantitative estimate of drug-likeness (QED) is 0.265. The third kappa shape index (κ3) is 7.90. The first-order valence-electron chi connectivity index (χ1n) is 15.3. The molecule has 2 aliphatic rings. The van der Waals surface area contributed by atoms with E-state index in [9.17, 15) is 17.6 Å². The maximum atomic E-state index is 15.2. The van der Waals surface area contributed by atoms with Gasteiger partial charge in [0.15, 0.2) is 0 Å². The third-order valence-electron chi connectivity index (χ3n) is 8.78. The zero-order chi connectivity index (χ0) is 32.0. The second-order valence-electron chi connectivity index (χ2n) is 11.6. The van der Waals surface area contributed by atoms with Crippen molar-refractivity contribution >= 4 is 33.2 Å². The van der Waals surface area contributed by atoms with E-state index in [0.717, 1.165) is 0 Å². The molecule has 3 unspecified atom stereocenters. The molecular formula is C33H39ClF2N4O4S. The van der Waals surface area contributed by atoms with E-state index >= 15 is 4.39 Å². The SMILES string of the molecule is NC(C(=O)Nc1cccc(F)c1CCCC1CNCCN1S(=O)(=O)c1ccccc1)C(c1ccc(Cl)c(F)c1)C1CCOCC1. The van der Waals surface area contributed by atoms with Gasteiger partial charge >= 0.3 is 0 Å². The van der Waals surface area contributed by atoms with Gasteiger partial charge in [-0.05, 0) is 80.0 Å². The molecule has 5 rings (SSSR count). The molecule has 45 heavy (non-hydrogen) atoms. The van der Waals surface area contributed by atoms with Crippen LogP contribution in [0.5, 0.6) is 0 Å². The molecule has 0 aliphatic carbocycles. The topological polar surface area (TPSA) is 114 Å². The molecule has 4 N–H and O–H groups in total. The summed E-state index contributed by atoms with van der Waals surface area (Å²) in [6, 6.07) is 15.9. The number of halogens is 3. The molecular weight excluding hydrogens is 622 g/mol. The van der Waals surface area contributed by atoms with E-state index < -0.39 is 39.5 Å². The number of carbonyl (C=O) groups excluding carboxylic acids is 1. The van der Waals surface area contributed by atoms with E-state index in [-0.39, 0.29) is 28.3 Å². The Morgan fingerprint density at radius 1 is 1.07 bits per heavy atom. The lowest BCUT2D eigenvalue weighted by Gasteiger charge is -2.35. The van der Waals surface area contributed by atoms with E-state index in [1.54, 1.807) is 42.5 Å². The Kier molecular flexibility index (Phi) is 11.2. The molecule has 0 aromatic heterocycles. The second kappa shape index (κ2) is 15.1. The maximum absolute atomic E-state index is 15.2. The van der Waals surface area contributed by atoms with Gasteiger partial charge in [-0.3, -0.25) is 4.79 Å². The van der Waals surface area contributed by atoms with Crippen LogP contribution in [-0.2, 0) is 26.0 Å². The average molecular weight is 661 g/mol. The smallest absolute Gasteiger partial charge is 0.243 e. The van der Waals surface area contributed by atoms with E-state index in [0.29, 0.717) is 75.3 Å². The van der Waals surface area contributed by atoms with Crippen molar-refractivity contribution in [3.8, 4) is 0 Å². The van der Waals surface area contributed by atoms with Crippen molar-refractivity contribution in [2.75, 3.05) is 38.2 Å². The molecule has 0 saturated carbocycles. The van der Waals surface area contributed by atoms with Crippen molar-refractivity contribution in [2.24, 2.45) is 11.7 Å². The lowest BCUT2D eigenvalue weighted by atomic mass is 9.76. The van der Waals surface area contributed by atoms with Crippen molar-refractivity contribution in [3.05, 3.63) is 94.5 Å². The van der Waals surface area contributed by atoms with E-state index in [1.807, 2.05) is 0 Å². The Hall–Kier alpha value is -2.93. The monoisotopic (exact) mass is 660 g/mol. The first-order valence-corrected chi connectivity index (χ1v) is 17.1. The summed E-state index contributed by atoms with van der Waals surface area (Å²) in [6.07, 6.45) is 2.58. The third-order valence-corrected chi connectivity index (χ3v) is 11.1. The summed E-state index contributed by atoms with van der Waals surface area (Å²) in [5.41, 5.74) is 7.77. The molecule has 0 bridgehead atoms. The molecule has 242 valence electrons. The number of nitrogens with two attached hydrogens (primary N) is 1. The first-order chi connectivity index (χ1) is 21.7. The van der Waals surface area contributed by atoms with Crippen molar-refractivity contribution in [1.82, 2.24) is 9.62 Å². The van der Waals surface area contributed by atoms with Crippen LogP contribution in [-0.4, -0.2) is 63.6 Å². The minimum atomic E-state index is -3.68. The lowest BCUT2D eigenvalue weighted by Crippen LogP contribution is -2.53. The van der Waals surface area contributed by atoms with Crippen LogP contribution >= 0.6 is 11.6 Å². The number of anilines is 1. The molecule has 8 nitrogen and oxygen atoms in total. The van der Waals surface area contributed by atoms with Gasteiger partial charge in [0.25, 0.3) is 0 Å². The molecule has 12 heteroatoms. The van der Waals surface area contributed by atoms with Crippen molar-refractivity contribution in [1.29, 1.82) is 0 Å². The van der Waals surface area contributed by atoms with Gasteiger partial charge in [0.1, 0.15) is 11.6 Å². The minimum absolute atomic E-state index is 0.0169. The van der Waals surface area contributed by atoms with E-state index in [1.165, 1.54) is 28.6 Å². The van der Waals surface area contributed by atoms with Crippen LogP contribution in [0.2, 0.25) is 5.02 Å². The van der Waals surface area contributed by atoms with Crippen molar-refractivity contribution < 1.29 is 26.7 Å². The molecule has 1 amide bonds. The summed E-state index contributed by atoms with van der Waals surface area (Å²) in [5, 5.41) is 6.09. The largest absolute Gasteiger partial charge is 0.381 e. The number of benzene rings is 3. The number of nitrogens with one attached hydrogen (secondary N) is 2. The molecule has 2 aliphatic heterocycles. The summed E-state index contributed by atoms with van der Waals surface area (Å²) in [7, 11) is -3.68. The Morgan fingerprint density at radius 2 is 1.82 bits per heavy atom.